The van der Waals surface area contributed by atoms with Crippen LogP contribution >= 0.6 is 15.9 Å². The normalized spacial score (nSPS) is 12.1. The minimum absolute atomic E-state index is 0.0207. The highest BCUT2D eigenvalue weighted by Crippen LogP contribution is 2.27. The van der Waals surface area contributed by atoms with Crippen LogP contribution in [0.1, 0.15) is 31.1 Å². The summed E-state index contributed by atoms with van der Waals surface area (Å²) in [6, 6.07) is 4.43. The Labute approximate surface area is 120 Å². The van der Waals surface area contributed by atoms with E-state index in [0.717, 1.165) is 0 Å². The maximum Gasteiger partial charge on any atom is 0.335 e. The van der Waals surface area contributed by atoms with E-state index in [4.69, 9.17) is 9.84 Å². The van der Waals surface area contributed by atoms with E-state index in [1.807, 2.05) is 13.8 Å². The first-order valence-electron chi connectivity index (χ1n) is 5.81. The maximum atomic E-state index is 11.7. The minimum atomic E-state index is -1.04. The quantitative estimate of drug-likeness (QED) is 0.869. The molecule has 1 atom stereocenters. The van der Waals surface area contributed by atoms with Crippen molar-refractivity contribution in [2.24, 2.45) is 0 Å². The van der Waals surface area contributed by atoms with Crippen molar-refractivity contribution >= 4 is 27.8 Å². The van der Waals surface area contributed by atoms with Crippen LogP contribution in [0.4, 0.5) is 0 Å². The standard InChI is InChI=1S/C13H16BrNO4/c1-7(2)15-12(16)8(3)19-11-6-9(13(17)18)4-5-10(11)14/h4-8H,1-3H3,(H,15,16)(H,17,18). The van der Waals surface area contributed by atoms with Crippen molar-refractivity contribution in [1.82, 2.24) is 5.32 Å². The first kappa shape index (κ1) is 15.5. The highest BCUT2D eigenvalue weighted by atomic mass is 79.9. The minimum Gasteiger partial charge on any atom is -0.480 e. The predicted octanol–water partition coefficient (Wildman–Crippen LogP) is 2.44. The molecule has 0 saturated heterocycles. The summed E-state index contributed by atoms with van der Waals surface area (Å²) in [7, 11) is 0. The molecule has 0 saturated carbocycles. The topological polar surface area (TPSA) is 75.6 Å². The molecule has 6 heteroatoms. The number of rotatable bonds is 5. The Morgan fingerprint density at radius 3 is 2.47 bits per heavy atom. The number of nitrogens with one attached hydrogen (secondary N) is 1. The van der Waals surface area contributed by atoms with E-state index in [1.54, 1.807) is 13.0 Å². The Kier molecular flexibility index (Phi) is 5.35. The molecule has 5 nitrogen and oxygen atoms in total. The third-order valence-electron chi connectivity index (χ3n) is 2.28. The Hall–Kier alpha value is -1.56. The molecule has 0 radical (unpaired) electrons. The van der Waals surface area contributed by atoms with Gasteiger partial charge in [0.25, 0.3) is 5.91 Å². The summed E-state index contributed by atoms with van der Waals surface area (Å²) in [6.45, 7) is 5.31. The average molecular weight is 330 g/mol. The van der Waals surface area contributed by atoms with Gasteiger partial charge < -0.3 is 15.2 Å². The molecule has 1 unspecified atom stereocenters. The number of halogens is 1. The van der Waals surface area contributed by atoms with Crippen LogP contribution < -0.4 is 10.1 Å². The molecule has 19 heavy (non-hydrogen) atoms. The molecule has 0 fully saturated rings. The number of benzene rings is 1. The summed E-state index contributed by atoms with van der Waals surface area (Å²) < 4.78 is 6.08. The van der Waals surface area contributed by atoms with Crippen molar-refractivity contribution in [3.05, 3.63) is 28.2 Å². The van der Waals surface area contributed by atoms with E-state index >= 15 is 0 Å². The zero-order chi connectivity index (χ0) is 14.6. The van der Waals surface area contributed by atoms with E-state index in [2.05, 4.69) is 21.2 Å². The van der Waals surface area contributed by atoms with Crippen LogP contribution in [0.15, 0.2) is 22.7 Å². The first-order valence-corrected chi connectivity index (χ1v) is 6.60. The second-order valence-electron chi connectivity index (χ2n) is 4.37. The van der Waals surface area contributed by atoms with Gasteiger partial charge in [-0.2, -0.15) is 0 Å². The summed E-state index contributed by atoms with van der Waals surface area (Å²) in [5.41, 5.74) is 0.106. The van der Waals surface area contributed by atoms with Crippen LogP contribution in [-0.4, -0.2) is 29.1 Å². The molecule has 1 aromatic carbocycles. The van der Waals surface area contributed by atoms with Gasteiger partial charge in [-0.3, -0.25) is 4.79 Å². The number of carbonyl (C=O) groups excluding carboxylic acids is 1. The van der Waals surface area contributed by atoms with Gasteiger partial charge in [0.15, 0.2) is 6.10 Å². The molecule has 1 aromatic rings. The highest BCUT2D eigenvalue weighted by Gasteiger charge is 2.17. The smallest absolute Gasteiger partial charge is 0.335 e. The van der Waals surface area contributed by atoms with Crippen molar-refractivity contribution < 1.29 is 19.4 Å². The van der Waals surface area contributed by atoms with E-state index in [9.17, 15) is 9.59 Å². The molecule has 0 spiro atoms. The molecule has 0 aliphatic heterocycles. The molecule has 1 amide bonds. The third kappa shape index (κ3) is 4.55. The Morgan fingerprint density at radius 2 is 1.95 bits per heavy atom. The van der Waals surface area contributed by atoms with Crippen LogP contribution in [-0.2, 0) is 4.79 Å². The molecular formula is C13H16BrNO4. The lowest BCUT2D eigenvalue weighted by Crippen LogP contribution is -2.40. The summed E-state index contributed by atoms with van der Waals surface area (Å²) in [4.78, 5) is 22.6. The van der Waals surface area contributed by atoms with E-state index in [0.29, 0.717) is 10.2 Å². The lowest BCUT2D eigenvalue weighted by Gasteiger charge is -2.17. The maximum absolute atomic E-state index is 11.7. The lowest BCUT2D eigenvalue weighted by molar-refractivity contribution is -0.127. The molecular weight excluding hydrogens is 314 g/mol. The number of hydrogen-bond donors (Lipinski definition) is 2. The monoisotopic (exact) mass is 329 g/mol. The number of carboxylic acid groups (broad SMARTS) is 1. The van der Waals surface area contributed by atoms with E-state index in [1.165, 1.54) is 12.1 Å². The summed E-state index contributed by atoms with van der Waals surface area (Å²) in [5, 5.41) is 11.6. The predicted molar refractivity (Wildman–Crippen MR) is 74.5 cm³/mol. The van der Waals surface area contributed by atoms with Gasteiger partial charge in [-0.1, -0.05) is 0 Å². The zero-order valence-corrected chi connectivity index (χ0v) is 12.5. The molecule has 0 aliphatic carbocycles. The molecule has 0 aromatic heterocycles. The van der Waals surface area contributed by atoms with Crippen LogP contribution in [0, 0.1) is 0 Å². The number of hydrogen-bond acceptors (Lipinski definition) is 3. The number of ether oxygens (including phenoxy) is 1. The Bertz CT molecular complexity index is 488. The third-order valence-corrected chi connectivity index (χ3v) is 2.94. The van der Waals surface area contributed by atoms with Gasteiger partial charge in [0, 0.05) is 6.04 Å². The second kappa shape index (κ2) is 6.56. The largest absolute Gasteiger partial charge is 0.480 e. The molecule has 1 rings (SSSR count). The fourth-order valence-electron chi connectivity index (χ4n) is 1.37. The van der Waals surface area contributed by atoms with Gasteiger partial charge in [-0.15, -0.1) is 0 Å². The summed E-state index contributed by atoms with van der Waals surface area (Å²) >= 11 is 3.26. The Morgan fingerprint density at radius 1 is 1.32 bits per heavy atom. The molecule has 2 N–H and O–H groups in total. The van der Waals surface area contributed by atoms with Crippen molar-refractivity contribution in [3.63, 3.8) is 0 Å². The van der Waals surface area contributed by atoms with Crippen LogP contribution in [0.25, 0.3) is 0 Å². The van der Waals surface area contributed by atoms with Crippen LogP contribution in [0.5, 0.6) is 5.75 Å². The number of carbonyl (C=O) groups is 2. The fourth-order valence-corrected chi connectivity index (χ4v) is 1.71. The Balaban J connectivity index is 2.84. The highest BCUT2D eigenvalue weighted by molar-refractivity contribution is 9.10. The molecule has 0 aliphatic rings. The number of aromatic carboxylic acids is 1. The van der Waals surface area contributed by atoms with Crippen molar-refractivity contribution in [3.8, 4) is 5.75 Å². The molecule has 0 bridgehead atoms. The van der Waals surface area contributed by atoms with E-state index < -0.39 is 12.1 Å². The van der Waals surface area contributed by atoms with Gasteiger partial charge in [0.2, 0.25) is 0 Å². The van der Waals surface area contributed by atoms with Crippen molar-refractivity contribution in [2.45, 2.75) is 32.9 Å². The number of amides is 1. The van der Waals surface area contributed by atoms with Crippen molar-refractivity contribution in [1.29, 1.82) is 0 Å². The fraction of sp³-hybridized carbons (Fsp3) is 0.385. The second-order valence-corrected chi connectivity index (χ2v) is 5.23. The number of carboxylic acids is 1. The summed E-state index contributed by atoms with van der Waals surface area (Å²) in [6.07, 6.45) is -0.706. The van der Waals surface area contributed by atoms with Gasteiger partial charge in [0.05, 0.1) is 10.0 Å². The average Bonchev–Trinajstić information content (AvgIpc) is 2.30. The lowest BCUT2D eigenvalue weighted by atomic mass is 10.2. The van der Waals surface area contributed by atoms with Gasteiger partial charge in [-0.05, 0) is 54.9 Å². The molecule has 104 valence electrons. The van der Waals surface area contributed by atoms with Crippen molar-refractivity contribution in [2.75, 3.05) is 0 Å². The summed E-state index contributed by atoms with van der Waals surface area (Å²) in [5.74, 6) is -0.967. The zero-order valence-electron chi connectivity index (χ0n) is 10.9. The van der Waals surface area contributed by atoms with E-state index in [-0.39, 0.29) is 17.5 Å². The van der Waals surface area contributed by atoms with Crippen LogP contribution in [0.3, 0.4) is 0 Å². The van der Waals surface area contributed by atoms with Gasteiger partial charge >= 0.3 is 5.97 Å². The SMILES string of the molecule is CC(C)NC(=O)C(C)Oc1cc(C(=O)O)ccc1Br. The van der Waals surface area contributed by atoms with Gasteiger partial charge in [-0.25, -0.2) is 4.79 Å². The van der Waals surface area contributed by atoms with Gasteiger partial charge in [0.1, 0.15) is 5.75 Å². The first-order chi connectivity index (χ1) is 8.81. The van der Waals surface area contributed by atoms with Crippen LogP contribution in [0.2, 0.25) is 0 Å². The molecule has 0 heterocycles.